The zero-order chi connectivity index (χ0) is 25.7. The molecule has 0 aliphatic carbocycles. The van der Waals surface area contributed by atoms with Gasteiger partial charge in [-0.2, -0.15) is 0 Å². The van der Waals surface area contributed by atoms with Crippen molar-refractivity contribution in [2.75, 3.05) is 39.6 Å². The van der Waals surface area contributed by atoms with Gasteiger partial charge < -0.3 is 34.9 Å². The van der Waals surface area contributed by atoms with Gasteiger partial charge in [-0.3, -0.25) is 19.8 Å². The summed E-state index contributed by atoms with van der Waals surface area (Å²) in [6, 6.07) is 12.1. The van der Waals surface area contributed by atoms with Crippen LogP contribution in [0.15, 0.2) is 42.5 Å². The number of carboxylic acids is 1. The maximum atomic E-state index is 12.7. The number of piperazine rings is 1. The van der Waals surface area contributed by atoms with Crippen molar-refractivity contribution in [3.8, 4) is 17.2 Å². The number of carboxylic acid groups (broad SMARTS) is 1. The minimum absolute atomic E-state index is 0.0218. The summed E-state index contributed by atoms with van der Waals surface area (Å²) >= 11 is 0. The summed E-state index contributed by atoms with van der Waals surface area (Å²) in [5.74, 6) is -1.47. The van der Waals surface area contributed by atoms with Crippen LogP contribution in [0.1, 0.15) is 17.5 Å². The van der Waals surface area contributed by atoms with Gasteiger partial charge in [-0.05, 0) is 54.8 Å². The molecule has 11 nitrogen and oxygen atoms in total. The first-order valence-corrected chi connectivity index (χ1v) is 11.6. The first-order valence-electron chi connectivity index (χ1n) is 11.6. The number of ether oxygens (including phenoxy) is 3. The van der Waals surface area contributed by atoms with Gasteiger partial charge in [0.05, 0.1) is 12.5 Å². The normalized spacial score (nSPS) is 15.7. The zero-order valence-electron chi connectivity index (χ0n) is 19.6. The van der Waals surface area contributed by atoms with Crippen molar-refractivity contribution in [2.45, 2.75) is 12.8 Å². The predicted octanol–water partition coefficient (Wildman–Crippen LogP) is 1.08. The van der Waals surface area contributed by atoms with Crippen molar-refractivity contribution in [1.82, 2.24) is 9.80 Å². The minimum Gasteiger partial charge on any atom is -0.494 e. The molecule has 11 heteroatoms. The lowest BCUT2D eigenvalue weighted by Gasteiger charge is -2.35. The Hall–Kier alpha value is -4.28. The number of nitrogen functional groups attached to an aromatic ring is 1. The smallest absolute Gasteiger partial charge is 0.312 e. The van der Waals surface area contributed by atoms with Crippen molar-refractivity contribution in [3.63, 3.8) is 0 Å². The van der Waals surface area contributed by atoms with Gasteiger partial charge >= 0.3 is 17.8 Å². The number of amidine groups is 1. The topological polar surface area (TPSA) is 155 Å². The van der Waals surface area contributed by atoms with Gasteiger partial charge in [-0.1, -0.05) is 6.07 Å². The van der Waals surface area contributed by atoms with Crippen molar-refractivity contribution in [1.29, 1.82) is 5.41 Å². The summed E-state index contributed by atoms with van der Waals surface area (Å²) < 4.78 is 16.3. The Kier molecular flexibility index (Phi) is 7.57. The summed E-state index contributed by atoms with van der Waals surface area (Å²) in [7, 11) is 0. The summed E-state index contributed by atoms with van der Waals surface area (Å²) in [5.41, 5.74) is 6.78. The highest BCUT2D eigenvalue weighted by Gasteiger charge is 2.35. The molecule has 2 aromatic carbocycles. The summed E-state index contributed by atoms with van der Waals surface area (Å²) in [4.78, 5) is 40.0. The van der Waals surface area contributed by atoms with E-state index >= 15 is 0 Å². The molecule has 2 aliphatic rings. The number of nitrogens with two attached hydrogens (primary N) is 1. The van der Waals surface area contributed by atoms with Gasteiger partial charge in [-0.15, -0.1) is 0 Å². The second kappa shape index (κ2) is 11.0. The highest BCUT2D eigenvalue weighted by Crippen LogP contribution is 2.33. The molecular formula is C25H28N4O7. The molecule has 4 N–H and O–H groups in total. The van der Waals surface area contributed by atoms with Crippen LogP contribution in [0.4, 0.5) is 0 Å². The molecule has 1 fully saturated rings. The van der Waals surface area contributed by atoms with Gasteiger partial charge in [0.25, 0.3) is 0 Å². The van der Waals surface area contributed by atoms with Crippen LogP contribution in [-0.4, -0.2) is 78.1 Å². The molecule has 2 aliphatic heterocycles. The number of fused-ring (bicyclic) bond motifs is 1. The summed E-state index contributed by atoms with van der Waals surface area (Å²) in [6.07, 6.45) is 0.716. The summed E-state index contributed by atoms with van der Waals surface area (Å²) in [5, 5.41) is 17.1. The Morgan fingerprint density at radius 2 is 1.75 bits per heavy atom. The Balaban J connectivity index is 1.25. The minimum atomic E-state index is -1.04. The molecule has 2 heterocycles. The van der Waals surface area contributed by atoms with E-state index in [9.17, 15) is 19.5 Å². The van der Waals surface area contributed by atoms with Gasteiger partial charge in [0.2, 0.25) is 6.79 Å². The fraction of sp³-hybridized carbons (Fsp3) is 0.360. The van der Waals surface area contributed by atoms with Crippen LogP contribution in [0.5, 0.6) is 17.2 Å². The SMILES string of the molecule is N=C(N)c1ccc(OCCCN2CCN(CC(Cc3ccc4c(c3)OCO4)C(=O)O)C(=O)C2=O)cc1. The van der Waals surface area contributed by atoms with Crippen LogP contribution >= 0.6 is 0 Å². The van der Waals surface area contributed by atoms with Crippen molar-refractivity contribution < 1.29 is 33.7 Å². The number of nitrogens with zero attached hydrogens (tertiary/aromatic N) is 2. The van der Waals surface area contributed by atoms with Crippen LogP contribution in [0.2, 0.25) is 0 Å². The van der Waals surface area contributed by atoms with Gasteiger partial charge in [0.1, 0.15) is 11.6 Å². The van der Waals surface area contributed by atoms with E-state index < -0.39 is 23.7 Å². The highest BCUT2D eigenvalue weighted by atomic mass is 16.7. The fourth-order valence-corrected chi connectivity index (χ4v) is 4.13. The molecule has 0 saturated carbocycles. The van der Waals surface area contributed by atoms with Crippen molar-refractivity contribution in [2.24, 2.45) is 11.7 Å². The largest absolute Gasteiger partial charge is 0.494 e. The molecule has 1 saturated heterocycles. The molecule has 0 spiro atoms. The lowest BCUT2D eigenvalue weighted by Crippen LogP contribution is -2.56. The number of carbonyl (C=O) groups excluding carboxylic acids is 2. The molecule has 190 valence electrons. The monoisotopic (exact) mass is 496 g/mol. The number of benzene rings is 2. The number of amides is 2. The third-order valence-corrected chi connectivity index (χ3v) is 6.11. The molecule has 4 rings (SSSR count). The van der Waals surface area contributed by atoms with Crippen LogP contribution in [0, 0.1) is 11.3 Å². The highest BCUT2D eigenvalue weighted by molar-refractivity contribution is 6.35. The van der Waals surface area contributed by atoms with E-state index in [0.717, 1.165) is 5.56 Å². The second-order valence-corrected chi connectivity index (χ2v) is 8.61. The average Bonchev–Trinajstić information content (AvgIpc) is 3.33. The standard InChI is InChI=1S/C25H28N4O7/c26-22(27)17-3-5-19(6-4-17)34-11-1-8-28-9-10-29(24(31)23(28)30)14-18(25(32)33)12-16-2-7-20-21(13-16)36-15-35-20/h2-7,13,18H,1,8-12,14-15H2,(H3,26,27)(H,32,33). The van der Waals surface area contributed by atoms with Gasteiger partial charge in [-0.25, -0.2) is 0 Å². The summed E-state index contributed by atoms with van der Waals surface area (Å²) in [6.45, 7) is 1.36. The number of nitrogens with one attached hydrogen (secondary N) is 1. The Morgan fingerprint density at radius 3 is 2.47 bits per heavy atom. The molecule has 1 unspecified atom stereocenters. The number of carbonyl (C=O) groups is 3. The molecule has 2 amide bonds. The van der Waals surface area contributed by atoms with E-state index in [-0.39, 0.29) is 32.1 Å². The Bertz CT molecular complexity index is 1150. The van der Waals surface area contributed by atoms with Crippen LogP contribution in [-0.2, 0) is 20.8 Å². The lowest BCUT2D eigenvalue weighted by atomic mass is 9.98. The third kappa shape index (κ3) is 5.85. The quantitative estimate of drug-likeness (QED) is 0.181. The number of hydrogen-bond acceptors (Lipinski definition) is 7. The van der Waals surface area contributed by atoms with E-state index in [4.69, 9.17) is 25.4 Å². The molecule has 1 atom stereocenters. The maximum absolute atomic E-state index is 12.7. The van der Waals surface area contributed by atoms with Gasteiger partial charge in [0, 0.05) is 31.7 Å². The fourth-order valence-electron chi connectivity index (χ4n) is 4.13. The van der Waals surface area contributed by atoms with E-state index in [0.29, 0.717) is 48.9 Å². The Morgan fingerprint density at radius 1 is 1.06 bits per heavy atom. The molecule has 0 bridgehead atoms. The second-order valence-electron chi connectivity index (χ2n) is 8.61. The Labute approximate surface area is 207 Å². The number of hydrogen-bond donors (Lipinski definition) is 3. The molecule has 0 aromatic heterocycles. The maximum Gasteiger partial charge on any atom is 0.312 e. The number of rotatable bonds is 11. The van der Waals surface area contributed by atoms with Crippen LogP contribution < -0.4 is 19.9 Å². The van der Waals surface area contributed by atoms with Crippen molar-refractivity contribution in [3.05, 3.63) is 53.6 Å². The predicted molar refractivity (Wildman–Crippen MR) is 128 cm³/mol. The first kappa shape index (κ1) is 24.8. The molecule has 0 radical (unpaired) electrons. The zero-order valence-corrected chi connectivity index (χ0v) is 19.6. The number of aliphatic carboxylic acids is 1. The van der Waals surface area contributed by atoms with Crippen LogP contribution in [0.3, 0.4) is 0 Å². The first-order chi connectivity index (χ1) is 17.3. The molecule has 36 heavy (non-hydrogen) atoms. The molecular weight excluding hydrogens is 468 g/mol. The van der Waals surface area contributed by atoms with E-state index in [1.807, 2.05) is 0 Å². The van der Waals surface area contributed by atoms with E-state index in [1.54, 1.807) is 42.5 Å². The molecule has 2 aromatic rings. The van der Waals surface area contributed by atoms with Gasteiger partial charge in [0.15, 0.2) is 11.5 Å². The van der Waals surface area contributed by atoms with Crippen molar-refractivity contribution >= 4 is 23.6 Å². The third-order valence-electron chi connectivity index (χ3n) is 6.11. The lowest BCUT2D eigenvalue weighted by molar-refractivity contribution is -0.157. The average molecular weight is 497 g/mol. The van der Waals surface area contributed by atoms with E-state index in [1.165, 1.54) is 9.80 Å². The van der Waals surface area contributed by atoms with Crippen LogP contribution in [0.25, 0.3) is 0 Å². The van der Waals surface area contributed by atoms with E-state index in [2.05, 4.69) is 0 Å².